The minimum atomic E-state index is -2.80. The van der Waals surface area contributed by atoms with Crippen molar-refractivity contribution in [1.29, 1.82) is 0 Å². The minimum Gasteiger partial charge on any atom is -0.457 e. The third kappa shape index (κ3) is 6.06. The van der Waals surface area contributed by atoms with E-state index < -0.39 is 6.61 Å². The van der Waals surface area contributed by atoms with E-state index in [0.29, 0.717) is 0 Å². The molecular formula is C26H28F2O2. The number of para-hydroxylation sites is 1. The van der Waals surface area contributed by atoms with Crippen molar-refractivity contribution < 1.29 is 18.3 Å². The first-order valence-electron chi connectivity index (χ1n) is 10.4. The van der Waals surface area contributed by atoms with Crippen LogP contribution in [0.1, 0.15) is 44.2 Å². The molecule has 1 unspecified atom stereocenters. The molecule has 158 valence electrons. The maximum absolute atomic E-state index is 12.4. The van der Waals surface area contributed by atoms with Gasteiger partial charge in [-0.1, -0.05) is 56.3 Å². The van der Waals surface area contributed by atoms with Gasteiger partial charge in [0.2, 0.25) is 0 Å². The molecule has 3 rings (SSSR count). The van der Waals surface area contributed by atoms with Gasteiger partial charge in [-0.25, -0.2) is 0 Å². The molecule has 2 nitrogen and oxygen atoms in total. The van der Waals surface area contributed by atoms with Crippen LogP contribution >= 0.6 is 0 Å². The fourth-order valence-corrected chi connectivity index (χ4v) is 3.64. The molecule has 1 atom stereocenters. The SMILES string of the molecule is CCC(C)(CCCc1cccc(Oc2ccccc2)c1)c1ccc(OC(F)F)cc1. The van der Waals surface area contributed by atoms with Gasteiger partial charge in [-0.15, -0.1) is 0 Å². The predicted molar refractivity (Wildman–Crippen MR) is 117 cm³/mol. The van der Waals surface area contributed by atoms with E-state index in [0.717, 1.165) is 42.7 Å². The lowest BCUT2D eigenvalue weighted by Crippen LogP contribution is -2.21. The Hall–Kier alpha value is -2.88. The number of aryl methyl sites for hydroxylation is 1. The third-order valence-electron chi connectivity index (χ3n) is 5.63. The monoisotopic (exact) mass is 410 g/mol. The molecule has 0 bridgehead atoms. The van der Waals surface area contributed by atoms with Crippen molar-refractivity contribution in [3.8, 4) is 17.2 Å². The summed E-state index contributed by atoms with van der Waals surface area (Å²) >= 11 is 0. The van der Waals surface area contributed by atoms with Crippen LogP contribution in [-0.2, 0) is 11.8 Å². The Kier molecular flexibility index (Phi) is 7.45. The fourth-order valence-electron chi connectivity index (χ4n) is 3.64. The first-order chi connectivity index (χ1) is 14.5. The van der Waals surface area contributed by atoms with Gasteiger partial charge in [0.05, 0.1) is 0 Å². The summed E-state index contributed by atoms with van der Waals surface area (Å²) in [6, 6.07) is 25.0. The van der Waals surface area contributed by atoms with Crippen molar-refractivity contribution in [2.24, 2.45) is 0 Å². The van der Waals surface area contributed by atoms with Crippen LogP contribution in [0.15, 0.2) is 78.9 Å². The summed E-state index contributed by atoms with van der Waals surface area (Å²) < 4.78 is 35.1. The van der Waals surface area contributed by atoms with Crippen LogP contribution in [0.5, 0.6) is 17.2 Å². The molecule has 0 saturated carbocycles. The molecule has 0 radical (unpaired) electrons. The van der Waals surface area contributed by atoms with E-state index in [-0.39, 0.29) is 11.2 Å². The predicted octanol–water partition coefficient (Wildman–Crippen LogP) is 7.77. The van der Waals surface area contributed by atoms with Crippen LogP contribution in [0.2, 0.25) is 0 Å². The molecule has 0 N–H and O–H groups in total. The molecule has 0 saturated heterocycles. The Morgan fingerprint density at radius 2 is 1.53 bits per heavy atom. The zero-order valence-corrected chi connectivity index (χ0v) is 17.5. The quantitative estimate of drug-likeness (QED) is 0.340. The number of hydrogen-bond donors (Lipinski definition) is 0. The van der Waals surface area contributed by atoms with Gasteiger partial charge in [-0.2, -0.15) is 8.78 Å². The molecule has 4 heteroatoms. The van der Waals surface area contributed by atoms with Crippen LogP contribution in [0.25, 0.3) is 0 Å². The van der Waals surface area contributed by atoms with E-state index in [1.165, 1.54) is 5.56 Å². The highest BCUT2D eigenvalue weighted by molar-refractivity contribution is 5.34. The van der Waals surface area contributed by atoms with Gasteiger partial charge in [0.25, 0.3) is 0 Å². The van der Waals surface area contributed by atoms with Crippen LogP contribution in [0, 0.1) is 0 Å². The maximum Gasteiger partial charge on any atom is 0.387 e. The average Bonchev–Trinajstić information content (AvgIpc) is 2.75. The van der Waals surface area contributed by atoms with Crippen molar-refractivity contribution in [3.63, 3.8) is 0 Å². The molecule has 0 aromatic heterocycles. The normalized spacial score (nSPS) is 13.1. The molecule has 30 heavy (non-hydrogen) atoms. The smallest absolute Gasteiger partial charge is 0.387 e. The Labute approximate surface area is 177 Å². The van der Waals surface area contributed by atoms with Gasteiger partial charge in [-0.05, 0) is 78.6 Å². The van der Waals surface area contributed by atoms with Crippen molar-refractivity contribution in [3.05, 3.63) is 90.0 Å². The number of benzene rings is 3. The molecule has 3 aromatic carbocycles. The second-order valence-electron chi connectivity index (χ2n) is 7.73. The lowest BCUT2D eigenvalue weighted by molar-refractivity contribution is -0.0498. The van der Waals surface area contributed by atoms with E-state index in [1.54, 1.807) is 12.1 Å². The van der Waals surface area contributed by atoms with E-state index in [4.69, 9.17) is 4.74 Å². The number of ether oxygens (including phenoxy) is 2. The molecule has 0 fully saturated rings. The Balaban J connectivity index is 1.59. The summed E-state index contributed by atoms with van der Waals surface area (Å²) in [5.41, 5.74) is 2.37. The number of halogens is 2. The van der Waals surface area contributed by atoms with E-state index in [2.05, 4.69) is 30.7 Å². The zero-order chi connectivity index (χ0) is 21.4. The molecule has 0 amide bonds. The highest BCUT2D eigenvalue weighted by atomic mass is 19.3. The van der Waals surface area contributed by atoms with E-state index in [1.807, 2.05) is 54.6 Å². The number of hydrogen-bond acceptors (Lipinski definition) is 2. The van der Waals surface area contributed by atoms with Gasteiger partial charge >= 0.3 is 6.61 Å². The van der Waals surface area contributed by atoms with Gasteiger partial charge in [0.15, 0.2) is 0 Å². The van der Waals surface area contributed by atoms with Crippen LogP contribution < -0.4 is 9.47 Å². The van der Waals surface area contributed by atoms with Crippen molar-refractivity contribution in [2.45, 2.75) is 51.6 Å². The summed E-state index contributed by atoms with van der Waals surface area (Å²) in [4.78, 5) is 0. The summed E-state index contributed by atoms with van der Waals surface area (Å²) in [6.07, 6.45) is 3.95. The molecule has 0 heterocycles. The molecule has 0 aliphatic heterocycles. The molecule has 3 aromatic rings. The van der Waals surface area contributed by atoms with Gasteiger partial charge < -0.3 is 9.47 Å². The third-order valence-corrected chi connectivity index (χ3v) is 5.63. The summed E-state index contributed by atoms with van der Waals surface area (Å²) in [6.45, 7) is 1.60. The summed E-state index contributed by atoms with van der Waals surface area (Å²) in [5.74, 6) is 1.86. The van der Waals surface area contributed by atoms with Crippen LogP contribution in [0.3, 0.4) is 0 Å². The van der Waals surface area contributed by atoms with Crippen molar-refractivity contribution in [1.82, 2.24) is 0 Å². The number of alkyl halides is 2. The topological polar surface area (TPSA) is 18.5 Å². The van der Waals surface area contributed by atoms with Crippen LogP contribution in [-0.4, -0.2) is 6.61 Å². The standard InChI is InChI=1S/C26H28F2O2/c1-3-26(2,21-14-16-23(17-15-21)30-25(27)28)18-8-10-20-9-7-13-24(19-20)29-22-11-5-4-6-12-22/h4-7,9,11-17,19,25H,3,8,10,18H2,1-2H3. The van der Waals surface area contributed by atoms with Gasteiger partial charge in [0, 0.05) is 0 Å². The van der Waals surface area contributed by atoms with E-state index >= 15 is 0 Å². The summed E-state index contributed by atoms with van der Waals surface area (Å²) in [5, 5.41) is 0. The fraction of sp³-hybridized carbons (Fsp3) is 0.308. The molecular weight excluding hydrogens is 382 g/mol. The highest BCUT2D eigenvalue weighted by Gasteiger charge is 2.24. The second kappa shape index (κ2) is 10.2. The first kappa shape index (κ1) is 21.8. The second-order valence-corrected chi connectivity index (χ2v) is 7.73. The van der Waals surface area contributed by atoms with Gasteiger partial charge in [0.1, 0.15) is 17.2 Å². The Morgan fingerprint density at radius 3 is 2.20 bits per heavy atom. The minimum absolute atomic E-state index is 0.0124. The van der Waals surface area contributed by atoms with Crippen LogP contribution in [0.4, 0.5) is 8.78 Å². The lowest BCUT2D eigenvalue weighted by atomic mass is 9.76. The highest BCUT2D eigenvalue weighted by Crippen LogP contribution is 2.34. The first-order valence-corrected chi connectivity index (χ1v) is 10.4. The zero-order valence-electron chi connectivity index (χ0n) is 17.5. The van der Waals surface area contributed by atoms with Crippen molar-refractivity contribution >= 4 is 0 Å². The Bertz CT molecular complexity index is 910. The van der Waals surface area contributed by atoms with Gasteiger partial charge in [-0.3, -0.25) is 0 Å². The maximum atomic E-state index is 12.4. The molecule has 0 spiro atoms. The lowest BCUT2D eigenvalue weighted by Gasteiger charge is -2.29. The molecule has 0 aliphatic carbocycles. The largest absolute Gasteiger partial charge is 0.457 e. The number of rotatable bonds is 10. The van der Waals surface area contributed by atoms with Crippen molar-refractivity contribution in [2.75, 3.05) is 0 Å². The van der Waals surface area contributed by atoms with E-state index in [9.17, 15) is 8.78 Å². The summed E-state index contributed by atoms with van der Waals surface area (Å²) in [7, 11) is 0. The average molecular weight is 411 g/mol. The molecule has 0 aliphatic rings. The Morgan fingerprint density at radius 1 is 0.833 bits per heavy atom.